The lowest BCUT2D eigenvalue weighted by Crippen LogP contribution is -2.54. The number of rotatable bonds is 10. The van der Waals surface area contributed by atoms with Gasteiger partial charge in [0.05, 0.1) is 35.4 Å². The molecule has 0 bridgehead atoms. The Kier molecular flexibility index (Phi) is 21.6. The summed E-state index contributed by atoms with van der Waals surface area (Å²) >= 11 is 30.4. The minimum absolute atomic E-state index is 0.0206. The third-order valence-electron chi connectivity index (χ3n) is 17.5. The van der Waals surface area contributed by atoms with Gasteiger partial charge in [-0.25, -0.2) is 24.4 Å². The molecular formula is C73H70Cl4FN13O3S4. The van der Waals surface area contributed by atoms with Crippen LogP contribution in [0.1, 0.15) is 77.6 Å². The Labute approximate surface area is 605 Å². The molecule has 0 saturated heterocycles. The fourth-order valence-corrected chi connectivity index (χ4v) is 16.6. The molecule has 4 aliphatic heterocycles. The molecule has 8 N–H and O–H groups in total. The van der Waals surface area contributed by atoms with Gasteiger partial charge in [0.25, 0.3) is 0 Å². The second-order valence-electron chi connectivity index (χ2n) is 24.8. The maximum Gasteiger partial charge on any atom is 0.235 e. The molecule has 5 aromatic carbocycles. The highest BCUT2D eigenvalue weighted by Crippen LogP contribution is 2.47. The highest BCUT2D eigenvalue weighted by molar-refractivity contribution is 7.15. The zero-order valence-electron chi connectivity index (χ0n) is 54.8. The standard InChI is InChI=1S/C24H22N4OS.C17H17Cl2N3S.C16H15ClFN3OS.C16H16ClN3OS/c1-24(21-13-19(15-30-21)18-10-6-9-17(11-18)14-25)20(12-16-7-4-3-5-8-16)22(29)28(2)23(26)27-24;1-10-9-17(2,21-16(20)22(10)3)15-5-4-14(23-15)11-6-12(18)8-13(19)7-11;1-16(7-14(22)21(2)15(19)20-16)13-6-10(8-23-13)9-3-4-12(18)11(17)5-9;1-16(8-14(21)20(2)15(18)19-16)13-7-11(9-22-13)10-4-3-5-12(17)6-10/h3-11,13,15,20H,12H2,1-2H3,(H2,26,27);4-8H,1,9H2,2-3H3,(H2,20,21);3-6,8H,7H2,1-2H3,(H2,19,20);3-7,9H,8H2,1-2H3,(H2,18,19)/t20-,24-;17-;2*16-/m0000/s1. The summed E-state index contributed by atoms with van der Waals surface area (Å²) < 4.78 is 13.3. The third kappa shape index (κ3) is 15.7. The van der Waals surface area contributed by atoms with Crippen LogP contribution in [0.2, 0.25) is 20.1 Å². The number of nitrogens with zero attached hydrogens (tertiary/aromatic N) is 9. The highest BCUT2D eigenvalue weighted by Gasteiger charge is 2.47. The van der Waals surface area contributed by atoms with E-state index < -0.39 is 22.4 Å². The Bertz CT molecular complexity index is 4710. The van der Waals surface area contributed by atoms with Gasteiger partial charge in [-0.15, -0.1) is 45.3 Å². The van der Waals surface area contributed by atoms with Crippen LogP contribution < -0.4 is 22.9 Å². The topological polar surface area (TPSA) is 241 Å². The molecule has 0 unspecified atom stereocenters. The SMILES string of the molecule is C=C1C[C@@](C)(c2ccc(-c3cc(Cl)cc(Cl)c3)s2)N=C(N)N1C.CN1C(=O)C[C@@](C)(c2cc(-c3ccc(F)c(Cl)c3)cs2)N=C1N.CN1C(=O)C[C@@](C)(c2cc(-c3cccc(Cl)c3)cs2)N=C1N.CN1C(=O)[C@H](Cc2ccccc2)[C@@](C)(c2cc(-c3cccc(C#N)c3)cs2)N=C1N. The lowest BCUT2D eigenvalue weighted by molar-refractivity contribution is -0.134. The Morgan fingerprint density at radius 2 is 1.01 bits per heavy atom. The van der Waals surface area contributed by atoms with E-state index in [0.29, 0.717) is 39.4 Å². The van der Waals surface area contributed by atoms with Crippen LogP contribution in [0.15, 0.2) is 194 Å². The van der Waals surface area contributed by atoms with Crippen LogP contribution in [0.25, 0.3) is 43.8 Å². The number of nitrogens with two attached hydrogens (primary N) is 4. The zero-order chi connectivity index (χ0) is 70.8. The molecule has 98 heavy (non-hydrogen) atoms. The number of aliphatic imine (C=N–C) groups is 4. The molecule has 8 heterocycles. The summed E-state index contributed by atoms with van der Waals surface area (Å²) in [6, 6.07) is 47.8. The Morgan fingerprint density at radius 1 is 0.520 bits per heavy atom. The number of benzene rings is 5. The second kappa shape index (κ2) is 29.4. The molecule has 3 amide bonds. The number of carbonyl (C=O) groups excluding carboxylic acids is 3. The maximum atomic E-state index is 13.3. The molecular weight excluding hydrogens is 1400 g/mol. The third-order valence-corrected chi connectivity index (χ3v) is 23.4. The van der Waals surface area contributed by atoms with Gasteiger partial charge in [-0.1, -0.05) is 114 Å². The van der Waals surface area contributed by atoms with Crippen molar-refractivity contribution in [2.24, 2.45) is 48.8 Å². The molecule has 504 valence electrons. The van der Waals surface area contributed by atoms with Gasteiger partial charge in [-0.2, -0.15) is 5.26 Å². The van der Waals surface area contributed by atoms with Crippen molar-refractivity contribution in [1.29, 1.82) is 5.26 Å². The van der Waals surface area contributed by atoms with Gasteiger partial charge in [0.15, 0.2) is 23.8 Å². The van der Waals surface area contributed by atoms with E-state index in [0.717, 1.165) is 81.0 Å². The van der Waals surface area contributed by atoms with Crippen molar-refractivity contribution in [2.75, 3.05) is 28.2 Å². The van der Waals surface area contributed by atoms with Crippen molar-refractivity contribution in [3.8, 4) is 49.9 Å². The van der Waals surface area contributed by atoms with E-state index in [1.54, 1.807) is 79.4 Å². The first kappa shape index (κ1) is 72.1. The van der Waals surface area contributed by atoms with Crippen molar-refractivity contribution in [3.05, 3.63) is 231 Å². The van der Waals surface area contributed by atoms with E-state index in [2.05, 4.69) is 64.2 Å². The number of nitriles is 1. The van der Waals surface area contributed by atoms with E-state index in [-0.39, 0.29) is 58.5 Å². The molecule has 13 rings (SSSR count). The summed E-state index contributed by atoms with van der Waals surface area (Å²) in [6.07, 6.45) is 1.89. The summed E-state index contributed by atoms with van der Waals surface area (Å²) in [7, 11) is 6.81. The first-order valence-corrected chi connectivity index (χ1v) is 35.6. The lowest BCUT2D eigenvalue weighted by Gasteiger charge is -2.40. The Morgan fingerprint density at radius 3 is 1.54 bits per heavy atom. The highest BCUT2D eigenvalue weighted by atomic mass is 35.5. The molecule has 25 heteroatoms. The van der Waals surface area contributed by atoms with Crippen molar-refractivity contribution in [3.63, 3.8) is 0 Å². The average molecular weight is 1470 g/mol. The predicted octanol–water partition coefficient (Wildman–Crippen LogP) is 16.3. The second-order valence-corrected chi connectivity index (χ2v) is 30.3. The minimum atomic E-state index is -0.765. The molecule has 5 atom stereocenters. The fraction of sp³-hybridized carbons (Fsp3) is 0.233. The van der Waals surface area contributed by atoms with Crippen LogP contribution in [0.5, 0.6) is 0 Å². The van der Waals surface area contributed by atoms with Crippen molar-refractivity contribution < 1.29 is 18.8 Å². The molecule has 4 aliphatic rings. The largest absolute Gasteiger partial charge is 0.370 e. The van der Waals surface area contributed by atoms with E-state index in [9.17, 15) is 24.0 Å². The Balaban J connectivity index is 0.000000143. The van der Waals surface area contributed by atoms with Gasteiger partial charge in [0.1, 0.15) is 28.0 Å². The van der Waals surface area contributed by atoms with Crippen LogP contribution in [0.4, 0.5) is 4.39 Å². The summed E-state index contributed by atoms with van der Waals surface area (Å²) in [5.74, 6) is 0.255. The molecule has 4 aromatic heterocycles. The number of guanidine groups is 4. The normalized spacial score (nSPS) is 21.5. The smallest absolute Gasteiger partial charge is 0.235 e. The van der Waals surface area contributed by atoms with E-state index >= 15 is 0 Å². The number of amides is 3. The first-order valence-electron chi connectivity index (χ1n) is 30.6. The number of thiophene rings is 4. The Hall–Kier alpha value is -8.69. The van der Waals surface area contributed by atoms with E-state index in [4.69, 9.17) is 74.3 Å². The molecule has 9 aromatic rings. The molecule has 0 spiro atoms. The van der Waals surface area contributed by atoms with Crippen molar-refractivity contribution in [1.82, 2.24) is 19.6 Å². The number of hydrogen-bond donors (Lipinski definition) is 4. The molecule has 0 radical (unpaired) electrons. The summed E-state index contributed by atoms with van der Waals surface area (Å²) in [5, 5.41) is 17.3. The van der Waals surface area contributed by atoms with Crippen LogP contribution in [0.3, 0.4) is 0 Å². The average Bonchev–Trinajstić information content (AvgIpc) is 1.48. The van der Waals surface area contributed by atoms with Gasteiger partial charge in [0.2, 0.25) is 17.7 Å². The first-order chi connectivity index (χ1) is 46.4. The van der Waals surface area contributed by atoms with Crippen molar-refractivity contribution in [2.45, 2.75) is 75.5 Å². The number of carbonyl (C=O) groups is 3. The van der Waals surface area contributed by atoms with E-state index in [1.807, 2.05) is 134 Å². The fourth-order valence-electron chi connectivity index (χ4n) is 11.5. The monoisotopic (exact) mass is 1460 g/mol. The summed E-state index contributed by atoms with van der Waals surface area (Å²) in [4.78, 5) is 67.0. The quantitative estimate of drug-likeness (QED) is 0.102. The molecule has 0 saturated carbocycles. The predicted molar refractivity (Wildman–Crippen MR) is 402 cm³/mol. The summed E-state index contributed by atoms with van der Waals surface area (Å²) in [5.41, 5.74) is 30.9. The summed E-state index contributed by atoms with van der Waals surface area (Å²) in [6.45, 7) is 12.0. The van der Waals surface area contributed by atoms with Gasteiger partial charge in [0, 0.05) is 79.8 Å². The van der Waals surface area contributed by atoms with Gasteiger partial charge in [-0.3, -0.25) is 29.1 Å². The maximum absolute atomic E-state index is 13.3. The molecule has 16 nitrogen and oxygen atoms in total. The molecule has 0 fully saturated rings. The number of halogens is 5. The van der Waals surface area contributed by atoms with Gasteiger partial charge < -0.3 is 27.8 Å². The van der Waals surface area contributed by atoms with Crippen molar-refractivity contribution >= 4 is 133 Å². The zero-order valence-corrected chi connectivity index (χ0v) is 61.1. The molecule has 0 aliphatic carbocycles. The number of hydrogen-bond acceptors (Lipinski definition) is 17. The van der Waals surface area contributed by atoms with Crippen LogP contribution in [-0.4, -0.2) is 89.4 Å². The van der Waals surface area contributed by atoms with Crippen LogP contribution >= 0.6 is 91.8 Å². The van der Waals surface area contributed by atoms with Gasteiger partial charge in [-0.05, 0) is 180 Å². The lowest BCUT2D eigenvalue weighted by atomic mass is 9.78. The van der Waals surface area contributed by atoms with Gasteiger partial charge >= 0.3 is 0 Å². The van der Waals surface area contributed by atoms with Crippen LogP contribution in [-0.2, 0) is 43.0 Å². The minimum Gasteiger partial charge on any atom is -0.370 e. The van der Waals surface area contributed by atoms with E-state index in [1.165, 1.54) is 32.1 Å². The van der Waals surface area contributed by atoms with Crippen LogP contribution in [0, 0.1) is 23.1 Å².